The van der Waals surface area contributed by atoms with Crippen LogP contribution in [0.2, 0.25) is 0 Å². The van der Waals surface area contributed by atoms with E-state index < -0.39 is 21.5 Å². The highest BCUT2D eigenvalue weighted by Crippen LogP contribution is 2.29. The second-order valence-electron chi connectivity index (χ2n) is 4.61. The number of carboxylic acids is 1. The monoisotopic (exact) mass is 317 g/mol. The molecule has 1 rings (SSSR count). The molecule has 1 unspecified atom stereocenters. The molecule has 21 heavy (non-hydrogen) atoms. The van der Waals surface area contributed by atoms with Crippen LogP contribution in [0, 0.1) is 0 Å². The summed E-state index contributed by atoms with van der Waals surface area (Å²) >= 11 is 0. The Labute approximate surface area is 123 Å². The van der Waals surface area contributed by atoms with Crippen molar-refractivity contribution in [2.24, 2.45) is 0 Å². The van der Waals surface area contributed by atoms with Crippen molar-refractivity contribution in [1.29, 1.82) is 0 Å². The topological polar surface area (TPSA) is 102 Å². The minimum atomic E-state index is -4.05. The van der Waals surface area contributed by atoms with Gasteiger partial charge in [-0.2, -0.15) is 4.72 Å². The molecule has 0 fully saturated rings. The number of carbonyl (C=O) groups is 1. The molecular weight excluding hydrogens is 298 g/mol. The van der Waals surface area contributed by atoms with Gasteiger partial charge in [-0.15, -0.1) is 0 Å². The number of hydrogen-bond donors (Lipinski definition) is 2. The summed E-state index contributed by atoms with van der Waals surface area (Å²) in [4.78, 5) is 11.1. The van der Waals surface area contributed by atoms with E-state index in [4.69, 9.17) is 9.47 Å². The van der Waals surface area contributed by atoms with Crippen molar-refractivity contribution in [2.75, 3.05) is 14.2 Å². The first-order valence-electron chi connectivity index (χ1n) is 6.19. The van der Waals surface area contributed by atoms with Crippen molar-refractivity contribution in [2.45, 2.75) is 30.7 Å². The summed E-state index contributed by atoms with van der Waals surface area (Å²) < 4.78 is 37.0. The van der Waals surface area contributed by atoms with Crippen LogP contribution in [0.5, 0.6) is 11.5 Å². The summed E-state index contributed by atoms with van der Waals surface area (Å²) in [6.45, 7) is 2.89. The third kappa shape index (κ3) is 3.64. The lowest BCUT2D eigenvalue weighted by Crippen LogP contribution is -2.51. The zero-order chi connectivity index (χ0) is 16.3. The number of aliphatic carboxylic acids is 1. The van der Waals surface area contributed by atoms with Crippen molar-refractivity contribution in [1.82, 2.24) is 4.72 Å². The molecule has 1 atom stereocenters. The Morgan fingerprint density at radius 3 is 2.38 bits per heavy atom. The zero-order valence-corrected chi connectivity index (χ0v) is 13.2. The van der Waals surface area contributed by atoms with Gasteiger partial charge in [-0.1, -0.05) is 6.92 Å². The molecular formula is C13H19NO6S. The predicted octanol–water partition coefficient (Wildman–Crippen LogP) is 1.24. The van der Waals surface area contributed by atoms with E-state index >= 15 is 0 Å². The molecule has 0 aliphatic heterocycles. The molecule has 0 radical (unpaired) electrons. The van der Waals surface area contributed by atoms with Gasteiger partial charge in [0.1, 0.15) is 21.9 Å². The molecule has 0 saturated carbocycles. The molecule has 0 heterocycles. The summed E-state index contributed by atoms with van der Waals surface area (Å²) in [5.74, 6) is -0.742. The Hall–Kier alpha value is -1.80. The summed E-state index contributed by atoms with van der Waals surface area (Å²) in [6, 6.07) is 4.18. The van der Waals surface area contributed by atoms with E-state index in [0.717, 1.165) is 0 Å². The molecule has 0 aliphatic rings. The second kappa shape index (κ2) is 6.31. The molecule has 0 saturated heterocycles. The quantitative estimate of drug-likeness (QED) is 0.784. The Kier molecular flexibility index (Phi) is 5.19. The molecule has 118 valence electrons. The van der Waals surface area contributed by atoms with Crippen LogP contribution in [0.4, 0.5) is 0 Å². The lowest BCUT2D eigenvalue weighted by molar-refractivity contribution is -0.143. The van der Waals surface area contributed by atoms with Crippen LogP contribution in [0.1, 0.15) is 20.3 Å². The lowest BCUT2D eigenvalue weighted by atomic mass is 10.0. The van der Waals surface area contributed by atoms with Gasteiger partial charge in [0.2, 0.25) is 10.0 Å². The first-order valence-corrected chi connectivity index (χ1v) is 7.68. The molecule has 0 aromatic heterocycles. The maximum atomic E-state index is 12.4. The molecule has 0 spiro atoms. The van der Waals surface area contributed by atoms with Crippen LogP contribution in [-0.2, 0) is 14.8 Å². The van der Waals surface area contributed by atoms with Gasteiger partial charge in [-0.05, 0) is 25.5 Å². The van der Waals surface area contributed by atoms with Crippen LogP contribution in [0.15, 0.2) is 23.1 Å². The predicted molar refractivity (Wildman–Crippen MR) is 76.2 cm³/mol. The van der Waals surface area contributed by atoms with Crippen LogP contribution < -0.4 is 14.2 Å². The molecule has 1 aromatic carbocycles. The smallest absolute Gasteiger partial charge is 0.324 e. The number of rotatable bonds is 7. The van der Waals surface area contributed by atoms with Crippen molar-refractivity contribution in [3.05, 3.63) is 18.2 Å². The number of methoxy groups -OCH3 is 2. The van der Waals surface area contributed by atoms with Gasteiger partial charge in [-0.25, -0.2) is 8.42 Å². The SMILES string of the molecule is CCC(C)(NS(=O)(=O)c1ccc(OC)cc1OC)C(=O)O. The zero-order valence-electron chi connectivity index (χ0n) is 12.3. The van der Waals surface area contributed by atoms with E-state index in [1.54, 1.807) is 6.92 Å². The molecule has 0 aliphatic carbocycles. The normalized spacial score (nSPS) is 14.3. The van der Waals surface area contributed by atoms with Gasteiger partial charge in [0, 0.05) is 6.07 Å². The molecule has 0 amide bonds. The second-order valence-corrected chi connectivity index (χ2v) is 6.26. The first kappa shape index (κ1) is 17.3. The number of nitrogens with one attached hydrogen (secondary N) is 1. The van der Waals surface area contributed by atoms with Gasteiger partial charge >= 0.3 is 5.97 Å². The average molecular weight is 317 g/mol. The molecule has 0 bridgehead atoms. The summed E-state index contributed by atoms with van der Waals surface area (Å²) in [5, 5.41) is 9.17. The van der Waals surface area contributed by atoms with Crippen LogP contribution in [0.25, 0.3) is 0 Å². The number of benzene rings is 1. The number of hydrogen-bond acceptors (Lipinski definition) is 5. The van der Waals surface area contributed by atoms with E-state index in [1.807, 2.05) is 0 Å². The first-order chi connectivity index (χ1) is 9.70. The van der Waals surface area contributed by atoms with E-state index in [0.29, 0.717) is 5.75 Å². The van der Waals surface area contributed by atoms with Crippen LogP contribution in [0.3, 0.4) is 0 Å². The molecule has 2 N–H and O–H groups in total. The average Bonchev–Trinajstić information content (AvgIpc) is 2.45. The van der Waals surface area contributed by atoms with Gasteiger partial charge in [0.25, 0.3) is 0 Å². The van der Waals surface area contributed by atoms with E-state index in [9.17, 15) is 18.3 Å². The fourth-order valence-electron chi connectivity index (χ4n) is 1.62. The van der Waals surface area contributed by atoms with Crippen molar-refractivity contribution < 1.29 is 27.8 Å². The Bertz CT molecular complexity index is 628. The van der Waals surface area contributed by atoms with Crippen molar-refractivity contribution in [3.8, 4) is 11.5 Å². The van der Waals surface area contributed by atoms with Crippen molar-refractivity contribution >= 4 is 16.0 Å². The summed E-state index contributed by atoms with van der Waals surface area (Å²) in [7, 11) is -1.29. The summed E-state index contributed by atoms with van der Waals surface area (Å²) in [6.07, 6.45) is 0.0973. The third-order valence-electron chi connectivity index (χ3n) is 3.20. The van der Waals surface area contributed by atoms with Crippen molar-refractivity contribution in [3.63, 3.8) is 0 Å². The number of ether oxygens (including phenoxy) is 2. The highest BCUT2D eigenvalue weighted by Gasteiger charge is 2.37. The molecule has 8 heteroatoms. The van der Waals surface area contributed by atoms with Gasteiger partial charge in [0.05, 0.1) is 14.2 Å². The maximum absolute atomic E-state index is 12.4. The maximum Gasteiger partial charge on any atom is 0.324 e. The minimum absolute atomic E-state index is 0.0747. The van der Waals surface area contributed by atoms with Gasteiger partial charge < -0.3 is 14.6 Å². The molecule has 1 aromatic rings. The van der Waals surface area contributed by atoms with E-state index in [2.05, 4.69) is 4.72 Å². The fourth-order valence-corrected chi connectivity index (χ4v) is 3.20. The number of carboxylic acid groups (broad SMARTS) is 1. The van der Waals surface area contributed by atoms with Crippen LogP contribution in [-0.4, -0.2) is 39.3 Å². The van der Waals surface area contributed by atoms with Crippen LogP contribution >= 0.6 is 0 Å². The van der Waals surface area contributed by atoms with Gasteiger partial charge in [-0.3, -0.25) is 4.79 Å². The highest BCUT2D eigenvalue weighted by molar-refractivity contribution is 7.89. The third-order valence-corrected chi connectivity index (χ3v) is 4.83. The minimum Gasteiger partial charge on any atom is -0.497 e. The summed E-state index contributed by atoms with van der Waals surface area (Å²) in [5.41, 5.74) is -1.59. The largest absolute Gasteiger partial charge is 0.497 e. The van der Waals surface area contributed by atoms with Gasteiger partial charge in [0.15, 0.2) is 0 Å². The Morgan fingerprint density at radius 2 is 1.95 bits per heavy atom. The fraction of sp³-hybridized carbons (Fsp3) is 0.462. The Morgan fingerprint density at radius 1 is 1.33 bits per heavy atom. The standard InChI is InChI=1S/C13H19NO6S/c1-5-13(2,12(15)16)14-21(17,18)11-7-6-9(19-3)8-10(11)20-4/h6-8,14H,5H2,1-4H3,(H,15,16). The number of sulfonamides is 1. The van der Waals surface area contributed by atoms with E-state index in [1.165, 1.54) is 39.3 Å². The van der Waals surface area contributed by atoms with E-state index in [-0.39, 0.29) is 17.1 Å². The molecule has 7 nitrogen and oxygen atoms in total. The lowest BCUT2D eigenvalue weighted by Gasteiger charge is -2.24. The Balaban J connectivity index is 3.28. The highest BCUT2D eigenvalue weighted by atomic mass is 32.2.